The summed E-state index contributed by atoms with van der Waals surface area (Å²) in [5.41, 5.74) is 1.09. The van der Waals surface area contributed by atoms with Gasteiger partial charge in [0.1, 0.15) is 5.76 Å². The Morgan fingerprint density at radius 3 is 1.91 bits per heavy atom. The van der Waals surface area contributed by atoms with Gasteiger partial charge in [-0.15, -0.1) is 0 Å². The Bertz CT molecular complexity index is 533. The van der Waals surface area contributed by atoms with Gasteiger partial charge in [-0.05, 0) is 50.6 Å². The summed E-state index contributed by atoms with van der Waals surface area (Å²) in [5.74, 6) is 1.09. The van der Waals surface area contributed by atoms with Crippen LogP contribution in [0.2, 0.25) is 39.3 Å². The highest BCUT2D eigenvalue weighted by atomic mass is 28.4. The lowest BCUT2D eigenvalue weighted by Gasteiger charge is -2.37. The average Bonchev–Trinajstić information content (AvgIpc) is 2.78. The predicted molar refractivity (Wildman–Crippen MR) is 99.2 cm³/mol. The van der Waals surface area contributed by atoms with Crippen molar-refractivity contribution in [2.24, 2.45) is 5.92 Å². The van der Waals surface area contributed by atoms with Crippen molar-refractivity contribution in [3.63, 3.8) is 0 Å². The molecule has 0 N–H and O–H groups in total. The van der Waals surface area contributed by atoms with Crippen LogP contribution in [-0.2, 0) is 13.8 Å². The summed E-state index contributed by atoms with van der Waals surface area (Å²) in [6, 6.07) is 10.2. The first-order valence-electron chi connectivity index (χ1n) is 8.16. The van der Waals surface area contributed by atoms with Gasteiger partial charge in [-0.1, -0.05) is 37.3 Å². The van der Waals surface area contributed by atoms with Crippen molar-refractivity contribution >= 4 is 22.4 Å². The molecule has 23 heavy (non-hydrogen) atoms. The zero-order valence-electron chi connectivity index (χ0n) is 15.3. The predicted octanol–water partition coefficient (Wildman–Crippen LogP) is 4.85. The Morgan fingerprint density at radius 1 is 0.913 bits per heavy atom. The number of rotatable bonds is 6. The van der Waals surface area contributed by atoms with Crippen LogP contribution in [0.3, 0.4) is 0 Å². The highest BCUT2D eigenvalue weighted by Crippen LogP contribution is 2.33. The van der Waals surface area contributed by atoms with E-state index in [-0.39, 0.29) is 12.1 Å². The summed E-state index contributed by atoms with van der Waals surface area (Å²) in [5, 5.41) is 1.65. The van der Waals surface area contributed by atoms with Crippen molar-refractivity contribution < 1.29 is 13.8 Å². The number of hydrogen-bond acceptors (Lipinski definition) is 4. The van der Waals surface area contributed by atoms with Gasteiger partial charge in [-0.3, -0.25) is 0 Å². The first-order valence-corrected chi connectivity index (χ1v) is 15.0. The van der Waals surface area contributed by atoms with Crippen LogP contribution >= 0.6 is 0 Å². The van der Waals surface area contributed by atoms with Crippen molar-refractivity contribution in [1.29, 1.82) is 0 Å². The largest absolute Gasteiger partial charge is 0.470 e. The molecule has 6 heteroatoms. The molecule has 0 saturated carbocycles. The molecule has 2 atom stereocenters. The van der Waals surface area contributed by atoms with E-state index in [9.17, 15) is 0 Å². The average molecular weight is 352 g/mol. The lowest BCUT2D eigenvalue weighted by Crippen LogP contribution is -2.50. The molecular weight excluding hydrogens is 322 g/mol. The molecule has 2 rings (SSSR count). The molecule has 0 aliphatic carbocycles. The molecule has 4 nitrogen and oxygen atoms in total. The third-order valence-electron chi connectivity index (χ3n) is 3.11. The third kappa shape index (κ3) is 5.58. The third-order valence-corrected chi connectivity index (χ3v) is 4.56. The molecule has 0 unspecified atom stereocenters. The van der Waals surface area contributed by atoms with Crippen molar-refractivity contribution in [2.45, 2.75) is 52.4 Å². The molecule has 1 aromatic rings. The van der Waals surface area contributed by atoms with Crippen LogP contribution < -0.4 is 0 Å². The highest BCUT2D eigenvalue weighted by molar-refractivity contribution is 6.70. The topological polar surface area (TPSA) is 30.9 Å². The van der Waals surface area contributed by atoms with E-state index in [1.165, 1.54) is 0 Å². The van der Waals surface area contributed by atoms with E-state index in [1.807, 2.05) is 18.2 Å². The highest BCUT2D eigenvalue weighted by Gasteiger charge is 2.38. The van der Waals surface area contributed by atoms with Crippen molar-refractivity contribution in [1.82, 2.24) is 5.23 Å². The molecule has 0 spiro atoms. The molecule has 0 radical (unpaired) electrons. The summed E-state index contributed by atoms with van der Waals surface area (Å²) in [6.07, 6.45) is 1.90. The van der Waals surface area contributed by atoms with E-state index >= 15 is 0 Å². The fourth-order valence-corrected chi connectivity index (χ4v) is 3.70. The molecule has 128 valence electrons. The smallest absolute Gasteiger partial charge is 0.215 e. The first kappa shape index (κ1) is 18.4. The molecule has 1 aliphatic heterocycles. The van der Waals surface area contributed by atoms with Gasteiger partial charge in [0.25, 0.3) is 0 Å². The van der Waals surface area contributed by atoms with Crippen LogP contribution in [0.5, 0.6) is 0 Å². The number of hydrogen-bond donors (Lipinski definition) is 0. The molecule has 0 aromatic heterocycles. The number of ether oxygens (including phenoxy) is 1. The van der Waals surface area contributed by atoms with E-state index < -0.39 is 16.6 Å². The van der Waals surface area contributed by atoms with Crippen LogP contribution in [-0.4, -0.2) is 28.1 Å². The quantitative estimate of drug-likeness (QED) is 0.541. The maximum absolute atomic E-state index is 6.20. The van der Waals surface area contributed by atoms with E-state index in [1.54, 1.807) is 5.23 Å². The lowest BCUT2D eigenvalue weighted by atomic mass is 10.1. The molecule has 1 heterocycles. The second-order valence-corrected chi connectivity index (χ2v) is 16.8. The van der Waals surface area contributed by atoms with Gasteiger partial charge in [0.15, 0.2) is 0 Å². The van der Waals surface area contributed by atoms with Gasteiger partial charge < -0.3 is 13.8 Å². The first-order chi connectivity index (χ1) is 10.6. The maximum Gasteiger partial charge on any atom is 0.215 e. The molecule has 0 amide bonds. The zero-order valence-corrected chi connectivity index (χ0v) is 17.3. The number of hydroxylamine groups is 2. The van der Waals surface area contributed by atoms with Crippen LogP contribution in [0.25, 0.3) is 5.76 Å². The van der Waals surface area contributed by atoms with Crippen LogP contribution in [0.15, 0.2) is 36.4 Å². The van der Waals surface area contributed by atoms with Gasteiger partial charge >= 0.3 is 0 Å². The van der Waals surface area contributed by atoms with Gasteiger partial charge in [-0.2, -0.15) is 0 Å². The van der Waals surface area contributed by atoms with Crippen LogP contribution in [0.4, 0.5) is 0 Å². The fourth-order valence-electron chi connectivity index (χ4n) is 2.26. The minimum absolute atomic E-state index is 0.193. The van der Waals surface area contributed by atoms with E-state index in [0.29, 0.717) is 0 Å². The normalized spacial score (nSPS) is 22.2. The molecule has 0 bridgehead atoms. The maximum atomic E-state index is 6.20. The summed E-state index contributed by atoms with van der Waals surface area (Å²) in [4.78, 5) is 0. The molecular formula is C17H29NO3Si2. The van der Waals surface area contributed by atoms with E-state index in [2.05, 4.69) is 64.4 Å². The monoisotopic (exact) mass is 351 g/mol. The summed E-state index contributed by atoms with van der Waals surface area (Å²) in [7, 11) is -3.60. The van der Waals surface area contributed by atoms with E-state index in [4.69, 9.17) is 13.8 Å². The Kier molecular flexibility index (Phi) is 5.53. The Balaban J connectivity index is 2.17. The van der Waals surface area contributed by atoms with Crippen molar-refractivity contribution in [2.75, 3.05) is 0 Å². The summed E-state index contributed by atoms with van der Waals surface area (Å²) in [6.45, 7) is 15.0. The molecule has 0 saturated heterocycles. The van der Waals surface area contributed by atoms with Crippen molar-refractivity contribution in [3.05, 3.63) is 42.0 Å². The molecule has 1 aromatic carbocycles. The number of benzene rings is 1. The van der Waals surface area contributed by atoms with E-state index in [0.717, 1.165) is 11.3 Å². The standard InChI is InChI=1S/C17H29NO3Si2/c1-14-13-16(15-11-9-8-10-12-15)19-17(14)18(20-22(2,3)4)21-23(5,6)7/h8-14,17H,1-7H3/t14-,17-/m0/s1. The van der Waals surface area contributed by atoms with Gasteiger partial charge in [-0.25, -0.2) is 0 Å². The van der Waals surface area contributed by atoms with Gasteiger partial charge in [0.2, 0.25) is 22.9 Å². The Hall–Kier alpha value is -0.926. The Morgan fingerprint density at radius 2 is 1.43 bits per heavy atom. The van der Waals surface area contributed by atoms with Crippen molar-refractivity contribution in [3.8, 4) is 0 Å². The Labute approximate surface area is 142 Å². The zero-order chi connectivity index (χ0) is 17.3. The lowest BCUT2D eigenvalue weighted by molar-refractivity contribution is -0.340. The minimum Gasteiger partial charge on any atom is -0.470 e. The van der Waals surface area contributed by atoms with Crippen LogP contribution in [0.1, 0.15) is 12.5 Å². The summed E-state index contributed by atoms with van der Waals surface area (Å²) < 4.78 is 18.6. The molecule has 1 aliphatic rings. The summed E-state index contributed by atoms with van der Waals surface area (Å²) >= 11 is 0. The van der Waals surface area contributed by atoms with Gasteiger partial charge in [0.05, 0.1) is 0 Å². The second-order valence-electron chi connectivity index (χ2n) is 7.96. The fraction of sp³-hybridized carbons (Fsp3) is 0.529. The SMILES string of the molecule is C[C@H]1C=C(c2ccccc2)O[C@@H]1N(O[Si](C)(C)C)O[Si](C)(C)C. The molecule has 0 fully saturated rings. The minimum atomic E-state index is -1.80. The van der Waals surface area contributed by atoms with Gasteiger partial charge in [0, 0.05) is 11.5 Å². The van der Waals surface area contributed by atoms with Crippen LogP contribution in [0, 0.1) is 5.92 Å². The second kappa shape index (κ2) is 6.90. The number of nitrogens with zero attached hydrogens (tertiary/aromatic N) is 1.